The minimum absolute atomic E-state index is 0.111. The lowest BCUT2D eigenvalue weighted by Gasteiger charge is -2.08. The standard InChI is InChI=1S/C16H22N2O2/c1-5-16(19)18-11-12(8-9-17(2)3)14-7-6-13(20-4)10-15(14)18/h6-7,10-11H,5,8-9H2,1-4H3. The van der Waals surface area contributed by atoms with Crippen LogP contribution in [-0.2, 0) is 6.42 Å². The molecule has 1 heterocycles. The van der Waals surface area contributed by atoms with Crippen LogP contribution in [0, 0.1) is 0 Å². The molecule has 1 aromatic carbocycles. The van der Waals surface area contributed by atoms with Crippen molar-refractivity contribution in [1.29, 1.82) is 0 Å². The molecule has 4 nitrogen and oxygen atoms in total. The van der Waals surface area contributed by atoms with Crippen molar-refractivity contribution in [2.75, 3.05) is 27.7 Å². The number of methoxy groups -OCH3 is 1. The van der Waals surface area contributed by atoms with Gasteiger partial charge in [0.1, 0.15) is 5.75 Å². The van der Waals surface area contributed by atoms with E-state index < -0.39 is 0 Å². The first-order valence-electron chi connectivity index (χ1n) is 6.92. The van der Waals surface area contributed by atoms with Crippen LogP contribution >= 0.6 is 0 Å². The fraction of sp³-hybridized carbons (Fsp3) is 0.438. The van der Waals surface area contributed by atoms with Crippen LogP contribution in [0.2, 0.25) is 0 Å². The first-order valence-corrected chi connectivity index (χ1v) is 6.92. The average molecular weight is 274 g/mol. The first kappa shape index (κ1) is 14.6. The van der Waals surface area contributed by atoms with E-state index in [1.165, 1.54) is 5.56 Å². The van der Waals surface area contributed by atoms with Crippen molar-refractivity contribution in [1.82, 2.24) is 9.47 Å². The Bertz CT molecular complexity index is 614. The number of hydrogen-bond acceptors (Lipinski definition) is 3. The Kier molecular flexibility index (Phi) is 4.45. The molecule has 108 valence electrons. The quantitative estimate of drug-likeness (QED) is 0.841. The van der Waals surface area contributed by atoms with E-state index in [-0.39, 0.29) is 5.91 Å². The first-order chi connectivity index (χ1) is 9.56. The summed E-state index contributed by atoms with van der Waals surface area (Å²) < 4.78 is 7.02. The minimum Gasteiger partial charge on any atom is -0.497 e. The van der Waals surface area contributed by atoms with Crippen LogP contribution in [-0.4, -0.2) is 43.1 Å². The number of likely N-dealkylation sites (N-methyl/N-ethyl adjacent to an activating group) is 1. The van der Waals surface area contributed by atoms with E-state index in [0.29, 0.717) is 6.42 Å². The summed E-state index contributed by atoms with van der Waals surface area (Å²) in [6.45, 7) is 2.85. The van der Waals surface area contributed by atoms with Crippen LogP contribution < -0.4 is 4.74 Å². The van der Waals surface area contributed by atoms with Crippen LogP contribution in [0.1, 0.15) is 23.7 Å². The Morgan fingerprint density at radius 3 is 2.70 bits per heavy atom. The van der Waals surface area contributed by atoms with Gasteiger partial charge in [-0.05, 0) is 38.2 Å². The maximum absolute atomic E-state index is 12.1. The van der Waals surface area contributed by atoms with Crippen LogP contribution in [0.25, 0.3) is 10.9 Å². The second kappa shape index (κ2) is 6.09. The summed E-state index contributed by atoms with van der Waals surface area (Å²) in [7, 11) is 5.75. The molecule has 0 fully saturated rings. The highest BCUT2D eigenvalue weighted by Crippen LogP contribution is 2.26. The lowest BCUT2D eigenvalue weighted by Crippen LogP contribution is -2.15. The van der Waals surface area contributed by atoms with E-state index in [0.717, 1.165) is 29.6 Å². The number of rotatable bonds is 5. The molecule has 0 unspecified atom stereocenters. The molecule has 0 bridgehead atoms. The molecule has 0 radical (unpaired) electrons. The van der Waals surface area contributed by atoms with Crippen LogP contribution in [0.5, 0.6) is 5.75 Å². The zero-order valence-electron chi connectivity index (χ0n) is 12.6. The fourth-order valence-corrected chi connectivity index (χ4v) is 2.32. The summed E-state index contributed by atoms with van der Waals surface area (Å²) >= 11 is 0. The molecule has 0 amide bonds. The molecule has 0 N–H and O–H groups in total. The number of hydrogen-bond donors (Lipinski definition) is 0. The van der Waals surface area contributed by atoms with Crippen molar-refractivity contribution >= 4 is 16.8 Å². The molecule has 0 aliphatic rings. The van der Waals surface area contributed by atoms with Gasteiger partial charge in [0.15, 0.2) is 0 Å². The monoisotopic (exact) mass is 274 g/mol. The van der Waals surface area contributed by atoms with Crippen molar-refractivity contribution in [2.45, 2.75) is 19.8 Å². The number of aromatic nitrogens is 1. The average Bonchev–Trinajstić information content (AvgIpc) is 2.82. The van der Waals surface area contributed by atoms with Gasteiger partial charge in [0.05, 0.1) is 12.6 Å². The highest BCUT2D eigenvalue weighted by atomic mass is 16.5. The van der Waals surface area contributed by atoms with Gasteiger partial charge in [0, 0.05) is 30.6 Å². The van der Waals surface area contributed by atoms with Gasteiger partial charge in [-0.25, -0.2) is 0 Å². The second-order valence-corrected chi connectivity index (χ2v) is 5.21. The van der Waals surface area contributed by atoms with Crippen molar-refractivity contribution in [3.63, 3.8) is 0 Å². The fourth-order valence-electron chi connectivity index (χ4n) is 2.32. The molecule has 0 atom stereocenters. The molecule has 4 heteroatoms. The van der Waals surface area contributed by atoms with Crippen molar-refractivity contribution in [3.8, 4) is 5.75 Å². The van der Waals surface area contributed by atoms with E-state index in [9.17, 15) is 4.79 Å². The van der Waals surface area contributed by atoms with E-state index in [1.807, 2.05) is 31.3 Å². The maximum Gasteiger partial charge on any atom is 0.230 e. The molecule has 0 saturated carbocycles. The number of carbonyl (C=O) groups excluding carboxylic acids is 1. The summed E-state index contributed by atoms with van der Waals surface area (Å²) in [6.07, 6.45) is 3.40. The van der Waals surface area contributed by atoms with Crippen molar-refractivity contribution < 1.29 is 9.53 Å². The molecule has 0 aliphatic heterocycles. The summed E-state index contributed by atoms with van der Waals surface area (Å²) in [5.74, 6) is 0.888. The normalized spacial score (nSPS) is 11.2. The van der Waals surface area contributed by atoms with Gasteiger partial charge >= 0.3 is 0 Å². The third-order valence-electron chi connectivity index (χ3n) is 3.49. The summed E-state index contributed by atoms with van der Waals surface area (Å²) in [5.41, 5.74) is 2.14. The Balaban J connectivity index is 2.50. The Hall–Kier alpha value is -1.81. The van der Waals surface area contributed by atoms with Gasteiger partial charge in [-0.2, -0.15) is 0 Å². The highest BCUT2D eigenvalue weighted by molar-refractivity contribution is 5.95. The summed E-state index contributed by atoms with van der Waals surface area (Å²) in [5, 5.41) is 1.13. The predicted octanol–water partition coefficient (Wildman–Crippen LogP) is 2.80. The molecule has 2 rings (SSSR count). The van der Waals surface area contributed by atoms with Crippen molar-refractivity contribution in [3.05, 3.63) is 30.0 Å². The zero-order chi connectivity index (χ0) is 14.7. The molecule has 1 aromatic heterocycles. The van der Waals surface area contributed by atoms with E-state index in [4.69, 9.17) is 4.74 Å². The topological polar surface area (TPSA) is 34.5 Å². The molecule has 0 saturated heterocycles. The van der Waals surface area contributed by atoms with Crippen LogP contribution in [0.15, 0.2) is 24.4 Å². The van der Waals surface area contributed by atoms with Gasteiger partial charge in [0.25, 0.3) is 0 Å². The van der Waals surface area contributed by atoms with Gasteiger partial charge in [-0.1, -0.05) is 6.92 Å². The van der Waals surface area contributed by atoms with E-state index >= 15 is 0 Å². The van der Waals surface area contributed by atoms with Gasteiger partial charge in [-0.3, -0.25) is 9.36 Å². The molecular formula is C16H22N2O2. The summed E-state index contributed by atoms with van der Waals surface area (Å²) in [4.78, 5) is 14.2. The number of fused-ring (bicyclic) bond motifs is 1. The van der Waals surface area contributed by atoms with Gasteiger partial charge < -0.3 is 9.64 Å². The van der Waals surface area contributed by atoms with E-state index in [1.54, 1.807) is 11.7 Å². The molecular weight excluding hydrogens is 252 g/mol. The van der Waals surface area contributed by atoms with Crippen LogP contribution in [0.4, 0.5) is 0 Å². The largest absolute Gasteiger partial charge is 0.497 e. The second-order valence-electron chi connectivity index (χ2n) is 5.21. The Morgan fingerprint density at radius 1 is 1.35 bits per heavy atom. The molecule has 2 aromatic rings. The lowest BCUT2D eigenvalue weighted by molar-refractivity contribution is 0.0914. The number of carbonyl (C=O) groups is 1. The minimum atomic E-state index is 0.111. The SMILES string of the molecule is CCC(=O)n1cc(CCN(C)C)c2ccc(OC)cc21. The highest BCUT2D eigenvalue weighted by Gasteiger charge is 2.13. The number of benzene rings is 1. The van der Waals surface area contributed by atoms with Gasteiger partial charge in [-0.15, -0.1) is 0 Å². The third kappa shape index (κ3) is 2.85. The zero-order valence-corrected chi connectivity index (χ0v) is 12.6. The molecule has 0 spiro atoms. The van der Waals surface area contributed by atoms with Crippen molar-refractivity contribution in [2.24, 2.45) is 0 Å². The summed E-state index contributed by atoms with van der Waals surface area (Å²) in [6, 6.07) is 5.92. The predicted molar refractivity (Wildman–Crippen MR) is 81.7 cm³/mol. The smallest absolute Gasteiger partial charge is 0.230 e. The Labute approximate surface area is 119 Å². The van der Waals surface area contributed by atoms with Gasteiger partial charge in [0.2, 0.25) is 5.91 Å². The Morgan fingerprint density at radius 2 is 2.10 bits per heavy atom. The van der Waals surface area contributed by atoms with E-state index in [2.05, 4.69) is 19.0 Å². The molecule has 20 heavy (non-hydrogen) atoms. The maximum atomic E-state index is 12.1. The lowest BCUT2D eigenvalue weighted by atomic mass is 10.1. The molecule has 0 aliphatic carbocycles. The third-order valence-corrected chi connectivity index (χ3v) is 3.49. The van der Waals surface area contributed by atoms with Crippen LogP contribution in [0.3, 0.4) is 0 Å². The number of ether oxygens (including phenoxy) is 1. The number of nitrogens with zero attached hydrogens (tertiary/aromatic N) is 2.